The average molecular weight is 113 g/mol. The highest BCUT2D eigenvalue weighted by molar-refractivity contribution is 7.89. The molecule has 0 fully saturated rings. The highest BCUT2D eigenvalue weighted by atomic mass is 32.2. The Bertz CT molecular complexity index is 54.8. The third-order valence-corrected chi connectivity index (χ3v) is 0.267. The van der Waals surface area contributed by atoms with E-state index in [1.54, 1.807) is 0 Å². The summed E-state index contributed by atoms with van der Waals surface area (Å²) in [6.45, 7) is 0. The maximum Gasteiger partial charge on any atom is 0.308 e. The lowest BCUT2D eigenvalue weighted by molar-refractivity contribution is -0.708. The van der Waals surface area contributed by atoms with Crippen LogP contribution in [0.4, 0.5) is 3.89 Å². The second-order valence-electron chi connectivity index (χ2n) is 0.361. The van der Waals surface area contributed by atoms with Crippen LogP contribution in [0, 0.1) is 10.1 Å². The summed E-state index contributed by atoms with van der Waals surface area (Å²) >= 11 is -0.789. The number of halogens is 1. The topological polar surface area (TPSA) is 52.4 Å². The lowest BCUT2D eigenvalue weighted by Crippen LogP contribution is -1.88. The van der Waals surface area contributed by atoms with Gasteiger partial charge in [-0.1, -0.05) is 0 Å². The van der Waals surface area contributed by atoms with E-state index in [2.05, 4.69) is 4.28 Å². The van der Waals surface area contributed by atoms with Crippen molar-refractivity contribution in [3.8, 4) is 0 Å². The Morgan fingerprint density at radius 2 is 2.50 bits per heavy atom. The molecule has 0 N–H and O–H groups in total. The molecule has 0 aromatic heterocycles. The molecule has 0 aliphatic rings. The van der Waals surface area contributed by atoms with Gasteiger partial charge in [0.25, 0.3) is 0 Å². The fraction of sp³-hybridized carbons (Fsp3) is 0. The van der Waals surface area contributed by atoms with Crippen molar-refractivity contribution in [3.63, 3.8) is 0 Å². The Balaban J connectivity index is 2.83. The molecule has 0 radical (unpaired) electrons. The van der Waals surface area contributed by atoms with E-state index < -0.39 is 17.5 Å². The van der Waals surface area contributed by atoms with Crippen LogP contribution in [0.3, 0.4) is 0 Å². The van der Waals surface area contributed by atoms with Gasteiger partial charge >= 0.3 is 5.09 Å². The summed E-state index contributed by atoms with van der Waals surface area (Å²) in [7, 11) is 0. The van der Waals surface area contributed by atoms with Gasteiger partial charge in [-0.3, -0.25) is 0 Å². The zero-order valence-corrected chi connectivity index (χ0v) is 3.27. The van der Waals surface area contributed by atoms with Crippen LogP contribution in [0.2, 0.25) is 0 Å². The van der Waals surface area contributed by atoms with Crippen LogP contribution in [-0.4, -0.2) is 5.09 Å². The number of rotatable bonds is 2. The quantitative estimate of drug-likeness (QED) is 0.301. The van der Waals surface area contributed by atoms with E-state index in [-0.39, 0.29) is 0 Å². The van der Waals surface area contributed by atoms with Gasteiger partial charge in [-0.05, 0) is 0 Å². The highest BCUT2D eigenvalue weighted by Gasteiger charge is 1.89. The SMILES string of the molecule is O=[N+]([O-])OSF. The van der Waals surface area contributed by atoms with Crippen molar-refractivity contribution in [1.82, 2.24) is 0 Å². The Kier molecular flexibility index (Phi) is 2.47. The van der Waals surface area contributed by atoms with Gasteiger partial charge in [-0.2, -0.15) is 0 Å². The summed E-state index contributed by atoms with van der Waals surface area (Å²) in [5.74, 6) is 0. The van der Waals surface area contributed by atoms with Gasteiger partial charge in [0.05, 0.1) is 0 Å². The van der Waals surface area contributed by atoms with Gasteiger partial charge in [-0.15, -0.1) is 14.0 Å². The summed E-state index contributed by atoms with van der Waals surface area (Å²) in [6.07, 6.45) is 0. The number of hydrogen-bond donors (Lipinski definition) is 0. The third-order valence-electron chi connectivity index (χ3n) is 0.0890. The molecule has 0 spiro atoms. The van der Waals surface area contributed by atoms with Crippen molar-refractivity contribution < 1.29 is 13.3 Å². The first-order valence-electron chi connectivity index (χ1n) is 0.869. The Morgan fingerprint density at radius 1 is 2.00 bits per heavy atom. The molecule has 6 heavy (non-hydrogen) atoms. The molecule has 0 saturated heterocycles. The largest absolute Gasteiger partial charge is 0.308 e. The minimum absolute atomic E-state index is 0.789. The van der Waals surface area contributed by atoms with E-state index in [1.165, 1.54) is 0 Å². The van der Waals surface area contributed by atoms with Crippen molar-refractivity contribution in [1.29, 1.82) is 0 Å². The standard InChI is InChI=1S/FNO3S/c1-6-5-2(3)4. The van der Waals surface area contributed by atoms with E-state index in [0.29, 0.717) is 0 Å². The molecule has 0 aliphatic carbocycles. The Labute approximate surface area is 36.9 Å². The predicted molar refractivity (Wildman–Crippen MR) is 16.8 cm³/mol. The lowest BCUT2D eigenvalue weighted by Gasteiger charge is -1.77. The highest BCUT2D eigenvalue weighted by Crippen LogP contribution is 1.99. The summed E-state index contributed by atoms with van der Waals surface area (Å²) in [6, 6.07) is 0. The second-order valence-corrected chi connectivity index (χ2v) is 0.636. The molecule has 6 heteroatoms. The third kappa shape index (κ3) is 3.48. The molecule has 0 atom stereocenters. The molecule has 0 aromatic rings. The molecule has 0 aromatic carbocycles. The van der Waals surface area contributed by atoms with E-state index in [0.717, 1.165) is 0 Å². The summed E-state index contributed by atoms with van der Waals surface area (Å²) < 4.78 is 13.5. The van der Waals surface area contributed by atoms with Crippen molar-refractivity contribution in [2.75, 3.05) is 0 Å². The van der Waals surface area contributed by atoms with Crippen LogP contribution in [0.5, 0.6) is 0 Å². The first kappa shape index (κ1) is 5.48. The lowest BCUT2D eigenvalue weighted by atomic mass is 13.1. The molecule has 0 amide bonds. The predicted octanol–water partition coefficient (Wildman–Crippen LogP) is 0.727. The van der Waals surface area contributed by atoms with E-state index in [9.17, 15) is 3.89 Å². The Morgan fingerprint density at radius 3 is 2.50 bits per heavy atom. The van der Waals surface area contributed by atoms with Crippen LogP contribution in [0.1, 0.15) is 0 Å². The first-order valence-corrected chi connectivity index (χ1v) is 1.51. The molecular formula is FNO3S. The average Bonchev–Trinajstić information content (AvgIpc) is 1.35. The molecule has 4 nitrogen and oxygen atoms in total. The van der Waals surface area contributed by atoms with Crippen molar-refractivity contribution in [2.24, 2.45) is 0 Å². The molecule has 36 valence electrons. The number of hydrogen-bond acceptors (Lipinski definition) is 4. The van der Waals surface area contributed by atoms with Gasteiger partial charge in [0.1, 0.15) is 0 Å². The van der Waals surface area contributed by atoms with Crippen LogP contribution in [0.25, 0.3) is 0 Å². The molecule has 0 unspecified atom stereocenters. The summed E-state index contributed by atoms with van der Waals surface area (Å²) in [5, 5.41) is 7.69. The molecule has 0 bridgehead atoms. The van der Waals surface area contributed by atoms with Crippen LogP contribution < -0.4 is 0 Å². The fourth-order valence-corrected chi connectivity index (χ4v) is 0.0690. The Hall–Kier alpha value is -0.520. The molecular weight excluding hydrogens is 113 g/mol. The second kappa shape index (κ2) is 2.70. The zero-order valence-electron chi connectivity index (χ0n) is 2.46. The van der Waals surface area contributed by atoms with Gasteiger partial charge in [-0.25, -0.2) is 4.28 Å². The minimum Gasteiger partial charge on any atom is -0.207 e. The summed E-state index contributed by atoms with van der Waals surface area (Å²) in [5.41, 5.74) is 0. The monoisotopic (exact) mass is 113 g/mol. The van der Waals surface area contributed by atoms with E-state index >= 15 is 0 Å². The molecule has 0 rings (SSSR count). The van der Waals surface area contributed by atoms with Crippen molar-refractivity contribution >= 4 is 12.4 Å². The summed E-state index contributed by atoms with van der Waals surface area (Å²) in [4.78, 5) is 8.92. The van der Waals surface area contributed by atoms with Crippen molar-refractivity contribution in [3.05, 3.63) is 10.1 Å². The number of nitrogens with zero attached hydrogens (tertiary/aromatic N) is 1. The minimum atomic E-state index is -1.23. The smallest absolute Gasteiger partial charge is 0.207 e. The molecule has 0 heterocycles. The van der Waals surface area contributed by atoms with Gasteiger partial charge < -0.3 is 0 Å². The molecule has 0 saturated carbocycles. The van der Waals surface area contributed by atoms with Crippen LogP contribution in [0.15, 0.2) is 0 Å². The van der Waals surface area contributed by atoms with Gasteiger partial charge in [0.2, 0.25) is 12.4 Å². The fourth-order valence-electron chi connectivity index (χ4n) is 0.0230. The maximum absolute atomic E-state index is 10.5. The van der Waals surface area contributed by atoms with Crippen LogP contribution in [-0.2, 0) is 4.28 Å². The normalized spacial score (nSPS) is 7.50. The first-order chi connectivity index (χ1) is 2.77. The molecule has 0 aliphatic heterocycles. The van der Waals surface area contributed by atoms with E-state index in [1.807, 2.05) is 0 Å². The van der Waals surface area contributed by atoms with E-state index in [4.69, 9.17) is 10.1 Å². The van der Waals surface area contributed by atoms with Crippen LogP contribution >= 0.6 is 12.4 Å². The van der Waals surface area contributed by atoms with Gasteiger partial charge in [0, 0.05) is 0 Å². The van der Waals surface area contributed by atoms with Gasteiger partial charge in [0.15, 0.2) is 0 Å². The maximum atomic E-state index is 10.5. The zero-order chi connectivity index (χ0) is 4.99. The van der Waals surface area contributed by atoms with Crippen molar-refractivity contribution in [2.45, 2.75) is 0 Å².